The summed E-state index contributed by atoms with van der Waals surface area (Å²) < 4.78 is 14.4. The summed E-state index contributed by atoms with van der Waals surface area (Å²) in [6.45, 7) is 0. The summed E-state index contributed by atoms with van der Waals surface area (Å²) in [7, 11) is 0. The molecule has 0 aliphatic carbocycles. The van der Waals surface area contributed by atoms with Crippen molar-refractivity contribution in [1.29, 1.82) is 0 Å². The molecule has 27 heavy (non-hydrogen) atoms. The molecule has 4 aromatic rings. The zero-order valence-corrected chi connectivity index (χ0v) is 14.0. The first-order chi connectivity index (χ1) is 13.2. The average molecular weight is 362 g/mol. The maximum absolute atomic E-state index is 13.0. The highest BCUT2D eigenvalue weighted by molar-refractivity contribution is 5.58. The fourth-order valence-corrected chi connectivity index (χ4v) is 2.41. The van der Waals surface area contributed by atoms with Crippen molar-refractivity contribution in [3.05, 3.63) is 72.8 Å². The predicted molar refractivity (Wildman–Crippen MR) is 101 cm³/mol. The fraction of sp³-hybridized carbons (Fsp3) is 0. The Balaban J connectivity index is 1.57. The van der Waals surface area contributed by atoms with E-state index in [9.17, 15) is 4.39 Å². The topological polar surface area (TPSA) is 107 Å². The summed E-state index contributed by atoms with van der Waals surface area (Å²) >= 11 is 0. The number of nitrogens with zero attached hydrogens (tertiary/aromatic N) is 5. The van der Waals surface area contributed by atoms with Gasteiger partial charge in [0, 0.05) is 17.4 Å². The van der Waals surface area contributed by atoms with Crippen molar-refractivity contribution in [3.63, 3.8) is 0 Å². The fourth-order valence-electron chi connectivity index (χ4n) is 2.41. The maximum atomic E-state index is 13.0. The van der Waals surface area contributed by atoms with Gasteiger partial charge in [-0.1, -0.05) is 18.2 Å². The minimum Gasteiger partial charge on any atom is -0.368 e. The number of hydrogen-bond acceptors (Lipinski definition) is 7. The zero-order valence-electron chi connectivity index (χ0n) is 14.0. The Labute approximate surface area is 153 Å². The van der Waals surface area contributed by atoms with E-state index < -0.39 is 0 Å². The van der Waals surface area contributed by atoms with Crippen LogP contribution in [0.3, 0.4) is 0 Å². The number of benzene rings is 2. The molecule has 9 heteroatoms. The largest absolute Gasteiger partial charge is 0.368 e. The molecular formula is C18H15FN8. The van der Waals surface area contributed by atoms with Crippen molar-refractivity contribution in [2.75, 3.05) is 16.4 Å². The van der Waals surface area contributed by atoms with Crippen LogP contribution in [0, 0.1) is 5.82 Å². The van der Waals surface area contributed by atoms with Gasteiger partial charge in [-0.15, -0.1) is 5.10 Å². The van der Waals surface area contributed by atoms with E-state index in [1.165, 1.54) is 23.1 Å². The summed E-state index contributed by atoms with van der Waals surface area (Å²) in [5.41, 5.74) is 7.50. The van der Waals surface area contributed by atoms with Gasteiger partial charge in [-0.25, -0.2) is 14.4 Å². The summed E-state index contributed by atoms with van der Waals surface area (Å²) in [5.74, 6) is 1.16. The van der Waals surface area contributed by atoms with E-state index in [-0.39, 0.29) is 17.7 Å². The Morgan fingerprint density at radius 2 is 1.63 bits per heavy atom. The number of nitrogens with two attached hydrogens (primary N) is 1. The van der Waals surface area contributed by atoms with Gasteiger partial charge in [0.15, 0.2) is 5.82 Å². The lowest BCUT2D eigenvalue weighted by atomic mass is 10.3. The van der Waals surface area contributed by atoms with Gasteiger partial charge < -0.3 is 16.4 Å². The molecule has 0 fully saturated rings. The molecule has 0 aliphatic rings. The number of nitrogen functional groups attached to an aromatic ring is 1. The van der Waals surface area contributed by atoms with Crippen LogP contribution in [-0.4, -0.2) is 24.7 Å². The van der Waals surface area contributed by atoms with Gasteiger partial charge >= 0.3 is 0 Å². The molecule has 2 aromatic heterocycles. The number of anilines is 5. The van der Waals surface area contributed by atoms with Gasteiger partial charge in [0.1, 0.15) is 18.0 Å². The minimum absolute atomic E-state index is 0.156. The van der Waals surface area contributed by atoms with Crippen molar-refractivity contribution in [1.82, 2.24) is 24.7 Å². The predicted octanol–water partition coefficient (Wildman–Crippen LogP) is 3.27. The smallest absolute Gasteiger partial charge is 0.248 e. The average Bonchev–Trinajstić information content (AvgIpc) is 3.05. The third-order valence-electron chi connectivity index (χ3n) is 3.65. The van der Waals surface area contributed by atoms with E-state index in [1.54, 1.807) is 18.2 Å². The second-order valence-electron chi connectivity index (χ2n) is 5.59. The highest BCUT2D eigenvalue weighted by Crippen LogP contribution is 2.19. The molecule has 0 aliphatic heterocycles. The Hall–Kier alpha value is -4.01. The number of para-hydroxylation sites is 1. The lowest BCUT2D eigenvalue weighted by Gasteiger charge is -2.07. The van der Waals surface area contributed by atoms with Crippen LogP contribution in [0.15, 0.2) is 67.0 Å². The molecule has 2 heterocycles. The van der Waals surface area contributed by atoms with Gasteiger partial charge in [0.2, 0.25) is 11.9 Å². The standard InChI is InChI=1S/C18H15FN8/c19-12-6-8-14(9-7-12)24-18-25-17(20)27(26-18)16-10-15(21-11-22-16)23-13-4-2-1-3-5-13/h1-11H,(H,21,22,23)(H3,20,24,25,26). The molecule has 4 rings (SSSR count). The second kappa shape index (κ2) is 7.08. The van der Waals surface area contributed by atoms with Crippen molar-refractivity contribution in [2.45, 2.75) is 0 Å². The van der Waals surface area contributed by atoms with Gasteiger partial charge in [0.05, 0.1) is 0 Å². The van der Waals surface area contributed by atoms with Gasteiger partial charge in [-0.2, -0.15) is 9.67 Å². The lowest BCUT2D eigenvalue weighted by molar-refractivity contribution is 0.628. The molecule has 0 spiro atoms. The Bertz CT molecular complexity index is 1050. The van der Waals surface area contributed by atoms with E-state index >= 15 is 0 Å². The molecule has 0 saturated carbocycles. The SMILES string of the molecule is Nc1nc(Nc2ccc(F)cc2)nn1-c1cc(Nc2ccccc2)ncn1. The van der Waals surface area contributed by atoms with Crippen molar-refractivity contribution in [2.24, 2.45) is 0 Å². The molecule has 4 N–H and O–H groups in total. The molecular weight excluding hydrogens is 347 g/mol. The third kappa shape index (κ3) is 3.82. The van der Waals surface area contributed by atoms with Crippen molar-refractivity contribution >= 4 is 29.1 Å². The molecule has 0 unspecified atom stereocenters. The van der Waals surface area contributed by atoms with Gasteiger partial charge in [-0.3, -0.25) is 0 Å². The number of aromatic nitrogens is 5. The molecule has 0 saturated heterocycles. The maximum Gasteiger partial charge on any atom is 0.248 e. The number of nitrogens with one attached hydrogen (secondary N) is 2. The quantitative estimate of drug-likeness (QED) is 0.500. The Kier molecular flexibility index (Phi) is 4.32. The zero-order chi connectivity index (χ0) is 18.6. The second-order valence-corrected chi connectivity index (χ2v) is 5.59. The highest BCUT2D eigenvalue weighted by atomic mass is 19.1. The van der Waals surface area contributed by atoms with Crippen LogP contribution in [0.25, 0.3) is 5.82 Å². The first-order valence-electron chi connectivity index (χ1n) is 8.07. The molecule has 0 atom stereocenters. The molecule has 2 aromatic carbocycles. The normalized spacial score (nSPS) is 10.6. The van der Waals surface area contributed by atoms with Crippen LogP contribution in [0.1, 0.15) is 0 Å². The monoisotopic (exact) mass is 362 g/mol. The molecule has 8 nitrogen and oxygen atoms in total. The van der Waals surface area contributed by atoms with E-state index in [0.717, 1.165) is 5.69 Å². The van der Waals surface area contributed by atoms with Crippen molar-refractivity contribution < 1.29 is 4.39 Å². The van der Waals surface area contributed by atoms with E-state index in [2.05, 4.69) is 30.7 Å². The van der Waals surface area contributed by atoms with Crippen LogP contribution in [0.2, 0.25) is 0 Å². The summed E-state index contributed by atoms with van der Waals surface area (Å²) in [6.07, 6.45) is 1.41. The highest BCUT2D eigenvalue weighted by Gasteiger charge is 2.11. The summed E-state index contributed by atoms with van der Waals surface area (Å²) in [6, 6.07) is 17.2. The van der Waals surface area contributed by atoms with E-state index in [0.29, 0.717) is 17.3 Å². The van der Waals surface area contributed by atoms with Crippen LogP contribution in [-0.2, 0) is 0 Å². The first-order valence-corrected chi connectivity index (χ1v) is 8.07. The first kappa shape index (κ1) is 16.5. The van der Waals surface area contributed by atoms with Gasteiger partial charge in [0.25, 0.3) is 0 Å². The summed E-state index contributed by atoms with van der Waals surface area (Å²) in [4.78, 5) is 12.6. The number of rotatable bonds is 5. The molecule has 134 valence electrons. The lowest BCUT2D eigenvalue weighted by Crippen LogP contribution is -2.06. The summed E-state index contributed by atoms with van der Waals surface area (Å²) in [5, 5.41) is 10.5. The van der Waals surface area contributed by atoms with Gasteiger partial charge in [-0.05, 0) is 36.4 Å². The number of halogens is 1. The van der Waals surface area contributed by atoms with Crippen LogP contribution >= 0.6 is 0 Å². The van der Waals surface area contributed by atoms with Crippen LogP contribution in [0.5, 0.6) is 0 Å². The molecule has 0 amide bonds. The molecule has 0 bridgehead atoms. The third-order valence-corrected chi connectivity index (χ3v) is 3.65. The van der Waals surface area contributed by atoms with Crippen LogP contribution < -0.4 is 16.4 Å². The Morgan fingerprint density at radius 3 is 2.41 bits per heavy atom. The van der Waals surface area contributed by atoms with Crippen LogP contribution in [0.4, 0.5) is 33.5 Å². The van der Waals surface area contributed by atoms with Crippen molar-refractivity contribution in [3.8, 4) is 5.82 Å². The minimum atomic E-state index is -0.321. The number of hydrogen-bond donors (Lipinski definition) is 3. The van der Waals surface area contributed by atoms with E-state index in [4.69, 9.17) is 5.73 Å². The molecule has 0 radical (unpaired) electrons. The van der Waals surface area contributed by atoms with E-state index in [1.807, 2.05) is 30.3 Å². The Morgan fingerprint density at radius 1 is 0.889 bits per heavy atom.